The highest BCUT2D eigenvalue weighted by Crippen LogP contribution is 2.43. The summed E-state index contributed by atoms with van der Waals surface area (Å²) in [5.41, 5.74) is 2.80. The number of carboxylic acid groups (broad SMARTS) is 2. The summed E-state index contributed by atoms with van der Waals surface area (Å²) in [5, 5.41) is 20.4. The Labute approximate surface area is 183 Å². The van der Waals surface area contributed by atoms with E-state index in [1.165, 1.54) is 0 Å². The highest BCUT2D eigenvalue weighted by Gasteiger charge is 2.38. The fraction of sp³-hybridized carbons (Fsp3) is 0.692. The first-order valence-electron chi connectivity index (χ1n) is 11.5. The molecule has 1 aromatic carbocycles. The number of carboxylic acids is 2. The second kappa shape index (κ2) is 10.5. The number of unbranched alkanes of at least 4 members (excludes halogenated alkanes) is 4. The molecular weight excluding hydrogens is 376 g/mol. The molecular formula is C26H42O4. The van der Waals surface area contributed by atoms with Crippen molar-refractivity contribution in [3.8, 4) is 0 Å². The average molecular weight is 419 g/mol. The van der Waals surface area contributed by atoms with Crippen LogP contribution >= 0.6 is 0 Å². The van der Waals surface area contributed by atoms with Crippen molar-refractivity contribution in [1.29, 1.82) is 0 Å². The molecule has 2 N–H and O–H groups in total. The summed E-state index contributed by atoms with van der Waals surface area (Å²) in [6, 6.07) is 0. The van der Waals surface area contributed by atoms with Crippen LogP contribution in [0.4, 0.5) is 0 Å². The van der Waals surface area contributed by atoms with E-state index in [1.54, 1.807) is 0 Å². The molecule has 0 bridgehead atoms. The first-order chi connectivity index (χ1) is 13.8. The van der Waals surface area contributed by atoms with Crippen molar-refractivity contribution in [2.45, 2.75) is 118 Å². The maximum absolute atomic E-state index is 12.5. The van der Waals surface area contributed by atoms with E-state index in [0.717, 1.165) is 61.6 Å². The number of hydrogen-bond acceptors (Lipinski definition) is 2. The molecule has 0 saturated heterocycles. The Morgan fingerprint density at radius 3 is 1.37 bits per heavy atom. The van der Waals surface area contributed by atoms with Gasteiger partial charge in [-0.05, 0) is 58.8 Å². The molecule has 0 amide bonds. The Hall–Kier alpha value is -1.84. The van der Waals surface area contributed by atoms with Gasteiger partial charge >= 0.3 is 11.9 Å². The van der Waals surface area contributed by atoms with E-state index in [9.17, 15) is 19.8 Å². The largest absolute Gasteiger partial charge is 0.478 e. The number of hydrogen-bond donors (Lipinski definition) is 2. The molecule has 0 radical (unpaired) electrons. The SMILES string of the molecule is CCCCCc1c(CCCCC)c(C(C)(C)C)c(C(C)(C)C)c(C(=O)O)c1C(=O)O. The average Bonchev–Trinajstić information content (AvgIpc) is 2.59. The summed E-state index contributed by atoms with van der Waals surface area (Å²) >= 11 is 0. The molecule has 0 fully saturated rings. The van der Waals surface area contributed by atoms with Gasteiger partial charge in [-0.2, -0.15) is 0 Å². The van der Waals surface area contributed by atoms with Crippen molar-refractivity contribution in [2.24, 2.45) is 0 Å². The number of carbonyl (C=O) groups is 2. The molecule has 30 heavy (non-hydrogen) atoms. The van der Waals surface area contributed by atoms with Gasteiger partial charge < -0.3 is 10.2 Å². The molecule has 4 heteroatoms. The Morgan fingerprint density at radius 1 is 0.633 bits per heavy atom. The Balaban J connectivity index is 4.16. The van der Waals surface area contributed by atoms with Crippen molar-refractivity contribution in [3.05, 3.63) is 33.4 Å². The van der Waals surface area contributed by atoms with E-state index in [-0.39, 0.29) is 16.5 Å². The van der Waals surface area contributed by atoms with Crippen LogP contribution < -0.4 is 0 Å². The molecule has 0 aromatic heterocycles. The number of aromatic carboxylic acids is 2. The van der Waals surface area contributed by atoms with Gasteiger partial charge in [-0.25, -0.2) is 9.59 Å². The van der Waals surface area contributed by atoms with Gasteiger partial charge in [-0.3, -0.25) is 0 Å². The van der Waals surface area contributed by atoms with Crippen LogP contribution in [0.5, 0.6) is 0 Å². The lowest BCUT2D eigenvalue weighted by Crippen LogP contribution is -2.31. The molecule has 4 nitrogen and oxygen atoms in total. The zero-order chi connectivity index (χ0) is 23.3. The molecule has 1 rings (SSSR count). The van der Waals surface area contributed by atoms with Gasteiger partial charge in [-0.1, -0.05) is 81.1 Å². The van der Waals surface area contributed by atoms with Crippen molar-refractivity contribution < 1.29 is 19.8 Å². The third kappa shape index (κ3) is 6.09. The normalized spacial score (nSPS) is 12.3. The van der Waals surface area contributed by atoms with Crippen molar-refractivity contribution in [1.82, 2.24) is 0 Å². The lowest BCUT2D eigenvalue weighted by molar-refractivity contribution is 0.0647. The van der Waals surface area contributed by atoms with Gasteiger partial charge in [0.25, 0.3) is 0 Å². The van der Waals surface area contributed by atoms with Crippen molar-refractivity contribution in [2.75, 3.05) is 0 Å². The first kappa shape index (κ1) is 26.2. The molecule has 0 heterocycles. The smallest absolute Gasteiger partial charge is 0.336 e. The molecule has 0 unspecified atom stereocenters. The lowest BCUT2D eigenvalue weighted by atomic mass is 9.67. The van der Waals surface area contributed by atoms with Gasteiger partial charge in [0.05, 0.1) is 11.1 Å². The van der Waals surface area contributed by atoms with Crippen LogP contribution in [0.1, 0.15) is 137 Å². The van der Waals surface area contributed by atoms with Crippen LogP contribution in [0.25, 0.3) is 0 Å². The van der Waals surface area contributed by atoms with E-state index in [2.05, 4.69) is 34.6 Å². The molecule has 0 aliphatic heterocycles. The van der Waals surface area contributed by atoms with Crippen LogP contribution in [0.3, 0.4) is 0 Å². The second-order valence-corrected chi connectivity index (χ2v) is 10.5. The van der Waals surface area contributed by atoms with Crippen molar-refractivity contribution in [3.63, 3.8) is 0 Å². The van der Waals surface area contributed by atoms with Crippen LogP contribution in [-0.2, 0) is 23.7 Å². The standard InChI is InChI=1S/C26H42O4/c1-9-11-13-15-17-18(16-14-12-10-2)21(25(3,4)5)22(26(6,7)8)20(24(29)30)19(17)23(27)28/h9-16H2,1-8H3,(H,27,28)(H,29,30). The second-order valence-electron chi connectivity index (χ2n) is 10.5. The third-order valence-electron chi connectivity index (χ3n) is 5.71. The summed E-state index contributed by atoms with van der Waals surface area (Å²) in [7, 11) is 0. The predicted molar refractivity (Wildman–Crippen MR) is 124 cm³/mol. The highest BCUT2D eigenvalue weighted by molar-refractivity contribution is 6.05. The summed E-state index contributed by atoms with van der Waals surface area (Å²) in [4.78, 5) is 24.9. The molecule has 0 saturated carbocycles. The quantitative estimate of drug-likeness (QED) is 0.396. The Bertz CT molecular complexity index is 761. The lowest BCUT2D eigenvalue weighted by Gasteiger charge is -2.36. The van der Waals surface area contributed by atoms with E-state index in [0.29, 0.717) is 12.0 Å². The van der Waals surface area contributed by atoms with Gasteiger partial charge in [-0.15, -0.1) is 0 Å². The van der Waals surface area contributed by atoms with Gasteiger partial charge in [0, 0.05) is 0 Å². The van der Waals surface area contributed by atoms with Gasteiger partial charge in [0.2, 0.25) is 0 Å². The summed E-state index contributed by atoms with van der Waals surface area (Å²) < 4.78 is 0. The Kier molecular flexibility index (Phi) is 9.13. The zero-order valence-electron chi connectivity index (χ0n) is 20.4. The topological polar surface area (TPSA) is 74.6 Å². The minimum atomic E-state index is -1.14. The molecule has 0 aliphatic carbocycles. The van der Waals surface area contributed by atoms with Crippen LogP contribution in [0, 0.1) is 0 Å². The highest BCUT2D eigenvalue weighted by atomic mass is 16.4. The van der Waals surface area contributed by atoms with Crippen LogP contribution in [-0.4, -0.2) is 22.2 Å². The summed E-state index contributed by atoms with van der Waals surface area (Å²) in [6.07, 6.45) is 7.46. The first-order valence-corrected chi connectivity index (χ1v) is 11.5. The predicted octanol–water partition coefficient (Wildman–Crippen LogP) is 7.14. The van der Waals surface area contributed by atoms with E-state index >= 15 is 0 Å². The van der Waals surface area contributed by atoms with Crippen molar-refractivity contribution >= 4 is 11.9 Å². The maximum atomic E-state index is 12.5. The number of benzene rings is 1. The fourth-order valence-electron chi connectivity index (χ4n) is 4.54. The summed E-state index contributed by atoms with van der Waals surface area (Å²) in [5.74, 6) is -2.26. The van der Waals surface area contributed by atoms with Crippen LogP contribution in [0.15, 0.2) is 0 Å². The Morgan fingerprint density at radius 2 is 1.03 bits per heavy atom. The van der Waals surface area contributed by atoms with E-state index < -0.39 is 17.4 Å². The molecule has 0 aliphatic rings. The van der Waals surface area contributed by atoms with Gasteiger partial charge in [0.1, 0.15) is 0 Å². The monoisotopic (exact) mass is 418 g/mol. The third-order valence-corrected chi connectivity index (χ3v) is 5.71. The minimum absolute atomic E-state index is 0.00864. The van der Waals surface area contributed by atoms with Gasteiger partial charge in [0.15, 0.2) is 0 Å². The number of rotatable bonds is 10. The molecule has 0 atom stereocenters. The summed E-state index contributed by atoms with van der Waals surface area (Å²) in [6.45, 7) is 16.6. The molecule has 0 spiro atoms. The molecule has 170 valence electrons. The molecule has 1 aromatic rings. The van der Waals surface area contributed by atoms with E-state index in [4.69, 9.17) is 0 Å². The fourth-order valence-corrected chi connectivity index (χ4v) is 4.54. The van der Waals surface area contributed by atoms with E-state index in [1.807, 2.05) is 20.8 Å². The van der Waals surface area contributed by atoms with Crippen LogP contribution in [0.2, 0.25) is 0 Å². The minimum Gasteiger partial charge on any atom is -0.478 e. The zero-order valence-corrected chi connectivity index (χ0v) is 20.4. The maximum Gasteiger partial charge on any atom is 0.336 e.